The summed E-state index contributed by atoms with van der Waals surface area (Å²) in [5.41, 5.74) is 1.07. The summed E-state index contributed by atoms with van der Waals surface area (Å²) in [6.45, 7) is 2.12. The first-order chi connectivity index (χ1) is 12.1. The zero-order valence-electron chi connectivity index (χ0n) is 14.6. The molecule has 25 heavy (non-hydrogen) atoms. The summed E-state index contributed by atoms with van der Waals surface area (Å²) in [4.78, 5) is 27.5. The fraction of sp³-hybridized carbons (Fsp3) is 0.579. The molecular formula is C19H26N2O2S2. The zero-order chi connectivity index (χ0) is 17.8. The maximum absolute atomic E-state index is 13.0. The molecule has 2 aliphatic heterocycles. The predicted molar refractivity (Wildman–Crippen MR) is 106 cm³/mol. The molecule has 0 bridgehead atoms. The van der Waals surface area contributed by atoms with E-state index in [2.05, 4.69) is 24.9 Å². The molecule has 3 rings (SSSR count). The predicted octanol–water partition coefficient (Wildman–Crippen LogP) is 2.88. The molecule has 2 amide bonds. The SMILES string of the molecule is CC1CCC[C@@H]2SCC[C@H](NC(=O)[C@@H](S)Cc3ccccc3)C(=O)N12. The van der Waals surface area contributed by atoms with Gasteiger partial charge in [-0.05, 0) is 50.3 Å². The highest BCUT2D eigenvalue weighted by Gasteiger charge is 2.38. The van der Waals surface area contributed by atoms with Crippen LogP contribution in [0.1, 0.15) is 38.2 Å². The van der Waals surface area contributed by atoms with E-state index in [1.165, 1.54) is 6.42 Å². The molecule has 2 saturated heterocycles. The first kappa shape index (κ1) is 18.6. The lowest BCUT2D eigenvalue weighted by molar-refractivity contribution is -0.139. The van der Waals surface area contributed by atoms with Gasteiger partial charge in [-0.2, -0.15) is 12.6 Å². The molecule has 2 heterocycles. The van der Waals surface area contributed by atoms with Crippen molar-refractivity contribution < 1.29 is 9.59 Å². The molecule has 2 aliphatic rings. The molecule has 0 saturated carbocycles. The molecule has 2 fully saturated rings. The van der Waals surface area contributed by atoms with Gasteiger partial charge in [-0.25, -0.2) is 0 Å². The maximum atomic E-state index is 13.0. The number of fused-ring (bicyclic) bond motifs is 1. The molecule has 6 heteroatoms. The summed E-state index contributed by atoms with van der Waals surface area (Å²) in [6.07, 6.45) is 4.54. The van der Waals surface area contributed by atoms with Crippen molar-refractivity contribution in [2.24, 2.45) is 0 Å². The molecule has 1 aromatic carbocycles. The van der Waals surface area contributed by atoms with Crippen molar-refractivity contribution in [1.82, 2.24) is 10.2 Å². The van der Waals surface area contributed by atoms with E-state index in [0.29, 0.717) is 12.8 Å². The van der Waals surface area contributed by atoms with Crippen LogP contribution in [-0.2, 0) is 16.0 Å². The van der Waals surface area contributed by atoms with E-state index in [1.54, 1.807) is 0 Å². The van der Waals surface area contributed by atoms with Crippen LogP contribution in [0.5, 0.6) is 0 Å². The Morgan fingerprint density at radius 3 is 2.84 bits per heavy atom. The molecule has 4 nitrogen and oxygen atoms in total. The molecule has 0 spiro atoms. The monoisotopic (exact) mass is 378 g/mol. The number of hydrogen-bond acceptors (Lipinski definition) is 4. The van der Waals surface area contributed by atoms with Crippen molar-refractivity contribution in [3.8, 4) is 0 Å². The molecule has 136 valence electrons. The average Bonchev–Trinajstić information content (AvgIpc) is 2.76. The Morgan fingerprint density at radius 1 is 1.32 bits per heavy atom. The highest BCUT2D eigenvalue weighted by molar-refractivity contribution is 7.99. The number of amides is 2. The Labute approximate surface area is 159 Å². The second-order valence-electron chi connectivity index (χ2n) is 6.91. The zero-order valence-corrected chi connectivity index (χ0v) is 16.3. The smallest absolute Gasteiger partial charge is 0.246 e. The summed E-state index contributed by atoms with van der Waals surface area (Å²) in [5, 5.41) is 2.79. The lowest BCUT2D eigenvalue weighted by atomic mass is 10.0. The molecule has 0 aliphatic carbocycles. The van der Waals surface area contributed by atoms with Gasteiger partial charge < -0.3 is 10.2 Å². The van der Waals surface area contributed by atoms with Gasteiger partial charge >= 0.3 is 0 Å². The van der Waals surface area contributed by atoms with E-state index in [9.17, 15) is 9.59 Å². The van der Waals surface area contributed by atoms with Crippen LogP contribution in [0, 0.1) is 0 Å². The Bertz CT molecular complexity index is 611. The number of rotatable bonds is 4. The number of carbonyl (C=O) groups excluding carboxylic acids is 2. The van der Waals surface area contributed by atoms with Gasteiger partial charge in [-0.3, -0.25) is 9.59 Å². The third kappa shape index (κ3) is 4.53. The fourth-order valence-electron chi connectivity index (χ4n) is 3.63. The third-order valence-electron chi connectivity index (χ3n) is 5.02. The van der Waals surface area contributed by atoms with Gasteiger partial charge in [0.05, 0.1) is 10.6 Å². The van der Waals surface area contributed by atoms with Crippen LogP contribution in [0.4, 0.5) is 0 Å². The minimum atomic E-state index is -0.444. The number of carbonyl (C=O) groups is 2. The molecule has 1 aromatic rings. The average molecular weight is 379 g/mol. The number of nitrogens with one attached hydrogen (secondary N) is 1. The van der Waals surface area contributed by atoms with Crippen LogP contribution >= 0.6 is 24.4 Å². The van der Waals surface area contributed by atoms with E-state index in [4.69, 9.17) is 0 Å². The number of nitrogens with zero attached hydrogens (tertiary/aromatic N) is 1. The van der Waals surface area contributed by atoms with Crippen LogP contribution in [0.2, 0.25) is 0 Å². The Kier molecular flexibility index (Phi) is 6.34. The van der Waals surface area contributed by atoms with Crippen LogP contribution in [0.3, 0.4) is 0 Å². The van der Waals surface area contributed by atoms with Crippen LogP contribution in [0.15, 0.2) is 30.3 Å². The number of thiol groups is 1. The normalized spacial score (nSPS) is 28.0. The van der Waals surface area contributed by atoms with Crippen molar-refractivity contribution in [2.75, 3.05) is 5.75 Å². The molecule has 1 N–H and O–H groups in total. The van der Waals surface area contributed by atoms with Crippen LogP contribution in [-0.4, -0.2) is 45.2 Å². The Morgan fingerprint density at radius 2 is 2.08 bits per heavy atom. The lowest BCUT2D eigenvalue weighted by Gasteiger charge is -2.40. The van der Waals surface area contributed by atoms with Crippen molar-refractivity contribution in [3.05, 3.63) is 35.9 Å². The van der Waals surface area contributed by atoms with E-state index >= 15 is 0 Å². The van der Waals surface area contributed by atoms with E-state index < -0.39 is 11.3 Å². The Hall–Kier alpha value is -1.14. The molecule has 1 unspecified atom stereocenters. The van der Waals surface area contributed by atoms with E-state index in [-0.39, 0.29) is 23.2 Å². The number of piperidine rings is 1. The fourth-order valence-corrected chi connectivity index (χ4v) is 5.36. The third-order valence-corrected chi connectivity index (χ3v) is 6.75. The molecule has 0 radical (unpaired) electrons. The summed E-state index contributed by atoms with van der Waals surface area (Å²) < 4.78 is 0. The lowest BCUT2D eigenvalue weighted by Crippen LogP contribution is -2.55. The summed E-state index contributed by atoms with van der Waals surface area (Å²) in [6, 6.07) is 9.68. The van der Waals surface area contributed by atoms with Crippen molar-refractivity contribution in [3.63, 3.8) is 0 Å². The van der Waals surface area contributed by atoms with Gasteiger partial charge in [-0.1, -0.05) is 30.3 Å². The highest BCUT2D eigenvalue weighted by atomic mass is 32.2. The van der Waals surface area contributed by atoms with Gasteiger partial charge in [0.15, 0.2) is 0 Å². The largest absolute Gasteiger partial charge is 0.343 e. The molecular weight excluding hydrogens is 352 g/mol. The second-order valence-corrected chi connectivity index (χ2v) is 8.82. The van der Waals surface area contributed by atoms with E-state index in [1.807, 2.05) is 47.0 Å². The minimum absolute atomic E-state index is 0.0794. The first-order valence-electron chi connectivity index (χ1n) is 9.02. The summed E-state index contributed by atoms with van der Waals surface area (Å²) >= 11 is 6.31. The van der Waals surface area contributed by atoms with Gasteiger partial charge in [0, 0.05) is 6.04 Å². The first-order valence-corrected chi connectivity index (χ1v) is 10.6. The van der Waals surface area contributed by atoms with Gasteiger partial charge in [-0.15, -0.1) is 11.8 Å². The molecule has 0 aromatic heterocycles. The summed E-state index contributed by atoms with van der Waals surface area (Å²) in [5.74, 6) is 0.829. The van der Waals surface area contributed by atoms with E-state index in [0.717, 1.165) is 24.2 Å². The van der Waals surface area contributed by atoms with Gasteiger partial charge in [0.25, 0.3) is 0 Å². The van der Waals surface area contributed by atoms with Crippen LogP contribution in [0.25, 0.3) is 0 Å². The van der Waals surface area contributed by atoms with Crippen LogP contribution < -0.4 is 5.32 Å². The number of benzene rings is 1. The van der Waals surface area contributed by atoms with Crippen molar-refractivity contribution in [2.45, 2.75) is 61.7 Å². The standard InChI is InChI=1S/C19H26N2O2S2/c1-13-6-5-9-17-21(13)19(23)15(10-11-25-17)20-18(22)16(24)12-14-7-3-2-4-8-14/h2-4,7-8,13,15-17,24H,5-6,9-12H2,1H3,(H,20,22)/t13?,15-,16-,17-/m0/s1. The maximum Gasteiger partial charge on any atom is 0.246 e. The van der Waals surface area contributed by atoms with Gasteiger partial charge in [0.2, 0.25) is 11.8 Å². The summed E-state index contributed by atoms with van der Waals surface area (Å²) in [7, 11) is 0. The molecule has 4 atom stereocenters. The topological polar surface area (TPSA) is 49.4 Å². The highest BCUT2D eigenvalue weighted by Crippen LogP contribution is 2.34. The quantitative estimate of drug-likeness (QED) is 0.792. The Balaban J connectivity index is 1.62. The van der Waals surface area contributed by atoms with Crippen molar-refractivity contribution >= 4 is 36.2 Å². The second kappa shape index (κ2) is 8.49. The number of hydrogen-bond donors (Lipinski definition) is 2. The van der Waals surface area contributed by atoms with Gasteiger partial charge in [0.1, 0.15) is 6.04 Å². The van der Waals surface area contributed by atoms with Crippen molar-refractivity contribution in [1.29, 1.82) is 0 Å². The number of thioether (sulfide) groups is 1. The minimum Gasteiger partial charge on any atom is -0.343 e.